The summed E-state index contributed by atoms with van der Waals surface area (Å²) in [7, 11) is 0. The second-order valence-electron chi connectivity index (χ2n) is 9.06. The van der Waals surface area contributed by atoms with Gasteiger partial charge in [0.15, 0.2) is 0 Å². The van der Waals surface area contributed by atoms with E-state index in [0.29, 0.717) is 32.5 Å². The van der Waals surface area contributed by atoms with E-state index in [1.165, 1.54) is 0 Å². The molecule has 2 heterocycles. The number of hydrogen-bond donors (Lipinski definition) is 2. The zero-order valence-corrected chi connectivity index (χ0v) is 18.1. The Morgan fingerprint density at radius 3 is 2.31 bits per heavy atom. The molecule has 29 heavy (non-hydrogen) atoms. The molecule has 0 radical (unpaired) electrons. The monoisotopic (exact) mass is 410 g/mol. The minimum absolute atomic E-state index is 0.00596. The summed E-state index contributed by atoms with van der Waals surface area (Å²) in [6.07, 6.45) is 0.948. The summed E-state index contributed by atoms with van der Waals surface area (Å²) in [4.78, 5) is 51.8. The minimum atomic E-state index is -0.616. The van der Waals surface area contributed by atoms with Gasteiger partial charge in [0.05, 0.1) is 5.92 Å². The fourth-order valence-corrected chi connectivity index (χ4v) is 3.57. The van der Waals surface area contributed by atoms with Crippen molar-refractivity contribution in [1.29, 1.82) is 0 Å². The second kappa shape index (κ2) is 9.45. The summed E-state index contributed by atoms with van der Waals surface area (Å²) in [5.74, 6) is -0.534. The third-order valence-corrected chi connectivity index (χ3v) is 5.13. The number of hydrogen-bond acceptors (Lipinski definition) is 5. The van der Waals surface area contributed by atoms with Crippen molar-refractivity contribution >= 4 is 23.8 Å². The van der Waals surface area contributed by atoms with Crippen molar-refractivity contribution in [1.82, 2.24) is 20.4 Å². The molecule has 9 nitrogen and oxygen atoms in total. The molecule has 2 saturated heterocycles. The average molecular weight is 411 g/mol. The molecule has 1 unspecified atom stereocenters. The third kappa shape index (κ3) is 6.90. The lowest BCUT2D eigenvalue weighted by Crippen LogP contribution is -2.50. The number of nitrogens with zero attached hydrogens (tertiary/aromatic N) is 2. The molecule has 0 aromatic rings. The summed E-state index contributed by atoms with van der Waals surface area (Å²) in [5.41, 5.74) is -0.611. The predicted octanol–water partition coefficient (Wildman–Crippen LogP) is 0.875. The Hall–Kier alpha value is -2.32. The molecule has 0 spiro atoms. The number of alkyl carbamates (subject to hydrolysis) is 1. The lowest BCUT2D eigenvalue weighted by molar-refractivity contribution is -0.132. The zero-order valence-electron chi connectivity index (χ0n) is 18.1. The van der Waals surface area contributed by atoms with E-state index < -0.39 is 11.7 Å². The van der Waals surface area contributed by atoms with Gasteiger partial charge in [-0.2, -0.15) is 0 Å². The largest absolute Gasteiger partial charge is 0.444 e. The number of rotatable bonds is 5. The van der Waals surface area contributed by atoms with Crippen LogP contribution in [0.3, 0.4) is 0 Å². The van der Waals surface area contributed by atoms with Gasteiger partial charge in [0.25, 0.3) is 0 Å². The van der Waals surface area contributed by atoms with Crippen LogP contribution in [-0.4, -0.2) is 77.5 Å². The number of amides is 4. The number of nitrogens with one attached hydrogen (secondary N) is 2. The number of carbonyl (C=O) groups excluding carboxylic acids is 4. The fourth-order valence-electron chi connectivity index (χ4n) is 3.57. The molecular weight excluding hydrogens is 376 g/mol. The van der Waals surface area contributed by atoms with Crippen LogP contribution in [0.5, 0.6) is 0 Å². The van der Waals surface area contributed by atoms with Crippen LogP contribution in [0, 0.1) is 5.92 Å². The molecule has 2 aliphatic heterocycles. The highest BCUT2D eigenvalue weighted by Gasteiger charge is 2.36. The normalized spacial score (nSPS) is 20.8. The van der Waals surface area contributed by atoms with Crippen LogP contribution >= 0.6 is 0 Å². The maximum atomic E-state index is 12.5. The Morgan fingerprint density at radius 1 is 1.17 bits per heavy atom. The quantitative estimate of drug-likeness (QED) is 0.699. The summed E-state index contributed by atoms with van der Waals surface area (Å²) in [6.45, 7) is 10.6. The van der Waals surface area contributed by atoms with E-state index in [9.17, 15) is 19.2 Å². The highest BCUT2D eigenvalue weighted by molar-refractivity contribution is 5.89. The van der Waals surface area contributed by atoms with Crippen LogP contribution in [0.2, 0.25) is 0 Å². The van der Waals surface area contributed by atoms with Gasteiger partial charge < -0.3 is 25.2 Å². The first kappa shape index (κ1) is 23.0. The number of ether oxygens (including phenoxy) is 1. The van der Waals surface area contributed by atoms with E-state index in [0.717, 1.165) is 0 Å². The molecule has 0 saturated carbocycles. The van der Waals surface area contributed by atoms with Crippen molar-refractivity contribution < 1.29 is 23.9 Å². The molecule has 9 heteroatoms. The summed E-state index contributed by atoms with van der Waals surface area (Å²) < 4.78 is 5.12. The van der Waals surface area contributed by atoms with Crippen LogP contribution in [-0.2, 0) is 19.1 Å². The molecule has 2 rings (SSSR count). The molecule has 0 bridgehead atoms. The van der Waals surface area contributed by atoms with Crippen molar-refractivity contribution in [2.75, 3.05) is 26.2 Å². The lowest BCUT2D eigenvalue weighted by atomic mass is 10.0. The SMILES string of the molecule is CC(C)N1CC(C(=O)NC2CCN(C(=O)CNC(=O)OC(C)(C)C)CC2)CC1=O. The van der Waals surface area contributed by atoms with Gasteiger partial charge >= 0.3 is 6.09 Å². The molecule has 2 fully saturated rings. The standard InChI is InChI=1S/C20H34N4O5/c1-13(2)24-12-14(10-16(24)25)18(27)22-15-6-8-23(9-7-15)17(26)11-21-19(28)29-20(3,4)5/h13-15H,6-12H2,1-5H3,(H,21,28)(H,22,27). The molecule has 164 valence electrons. The zero-order chi connectivity index (χ0) is 21.8. The van der Waals surface area contributed by atoms with Gasteiger partial charge in [-0.15, -0.1) is 0 Å². The van der Waals surface area contributed by atoms with Crippen LogP contribution in [0.4, 0.5) is 4.79 Å². The van der Waals surface area contributed by atoms with E-state index in [-0.39, 0.29) is 48.7 Å². The van der Waals surface area contributed by atoms with Crippen molar-refractivity contribution in [3.63, 3.8) is 0 Å². The molecule has 0 aromatic heterocycles. The van der Waals surface area contributed by atoms with Crippen LogP contribution < -0.4 is 10.6 Å². The minimum Gasteiger partial charge on any atom is -0.444 e. The molecular formula is C20H34N4O5. The molecule has 0 aliphatic carbocycles. The van der Waals surface area contributed by atoms with Gasteiger partial charge in [0.1, 0.15) is 12.1 Å². The molecule has 4 amide bonds. The van der Waals surface area contributed by atoms with Crippen LogP contribution in [0.1, 0.15) is 53.9 Å². The average Bonchev–Trinajstić information content (AvgIpc) is 3.01. The summed E-state index contributed by atoms with van der Waals surface area (Å²) >= 11 is 0. The number of carbonyl (C=O) groups is 4. The first-order chi connectivity index (χ1) is 13.5. The Kier molecular flexibility index (Phi) is 7.48. The third-order valence-electron chi connectivity index (χ3n) is 5.13. The first-order valence-corrected chi connectivity index (χ1v) is 10.3. The van der Waals surface area contributed by atoms with E-state index >= 15 is 0 Å². The molecule has 0 aromatic carbocycles. The van der Waals surface area contributed by atoms with Crippen molar-refractivity contribution in [2.24, 2.45) is 5.92 Å². The van der Waals surface area contributed by atoms with Crippen LogP contribution in [0.15, 0.2) is 0 Å². The van der Waals surface area contributed by atoms with E-state index in [4.69, 9.17) is 4.74 Å². The second-order valence-corrected chi connectivity index (χ2v) is 9.06. The number of piperidine rings is 1. The Balaban J connectivity index is 1.71. The molecule has 1 atom stereocenters. The van der Waals surface area contributed by atoms with Crippen LogP contribution in [0.25, 0.3) is 0 Å². The molecule has 2 N–H and O–H groups in total. The Bertz CT molecular complexity index is 635. The van der Waals surface area contributed by atoms with E-state index in [1.807, 2.05) is 13.8 Å². The Morgan fingerprint density at radius 2 is 1.79 bits per heavy atom. The maximum absolute atomic E-state index is 12.5. The predicted molar refractivity (Wildman–Crippen MR) is 107 cm³/mol. The maximum Gasteiger partial charge on any atom is 0.408 e. The van der Waals surface area contributed by atoms with E-state index in [2.05, 4.69) is 10.6 Å². The van der Waals surface area contributed by atoms with Gasteiger partial charge in [-0.3, -0.25) is 14.4 Å². The number of likely N-dealkylation sites (tertiary alicyclic amines) is 2. The summed E-state index contributed by atoms with van der Waals surface area (Å²) in [5, 5.41) is 5.51. The van der Waals surface area contributed by atoms with Gasteiger partial charge in [-0.1, -0.05) is 0 Å². The van der Waals surface area contributed by atoms with Crippen molar-refractivity contribution in [3.05, 3.63) is 0 Å². The van der Waals surface area contributed by atoms with Crippen molar-refractivity contribution in [2.45, 2.75) is 71.6 Å². The lowest BCUT2D eigenvalue weighted by Gasteiger charge is -2.33. The van der Waals surface area contributed by atoms with Gasteiger partial charge in [0.2, 0.25) is 17.7 Å². The van der Waals surface area contributed by atoms with Gasteiger partial charge in [-0.25, -0.2) is 4.79 Å². The van der Waals surface area contributed by atoms with Gasteiger partial charge in [-0.05, 0) is 47.5 Å². The highest BCUT2D eigenvalue weighted by atomic mass is 16.6. The Labute approximate surface area is 172 Å². The topological polar surface area (TPSA) is 108 Å². The van der Waals surface area contributed by atoms with Crippen molar-refractivity contribution in [3.8, 4) is 0 Å². The first-order valence-electron chi connectivity index (χ1n) is 10.3. The summed E-state index contributed by atoms with van der Waals surface area (Å²) in [6, 6.07) is 0.0948. The fraction of sp³-hybridized carbons (Fsp3) is 0.800. The van der Waals surface area contributed by atoms with E-state index in [1.54, 1.807) is 30.6 Å². The smallest absolute Gasteiger partial charge is 0.408 e. The molecule has 2 aliphatic rings. The highest BCUT2D eigenvalue weighted by Crippen LogP contribution is 2.21. The van der Waals surface area contributed by atoms with Gasteiger partial charge in [0, 0.05) is 38.1 Å².